The average Bonchev–Trinajstić information content (AvgIpc) is 2.48. The lowest BCUT2D eigenvalue weighted by Crippen LogP contribution is -2.50. The molecule has 1 heterocycles. The number of piperazine rings is 1. The van der Waals surface area contributed by atoms with Crippen molar-refractivity contribution in [3.63, 3.8) is 0 Å². The standard InChI is InChI=1S/C16H25N3O2/c1-16(21,14-6-4-3-5-7-14)13-18(2)12-15(20)19-10-8-17-9-11-19/h3-7,17,21H,8-13H2,1-2H3. The summed E-state index contributed by atoms with van der Waals surface area (Å²) in [4.78, 5) is 16.0. The lowest BCUT2D eigenvalue weighted by molar-refractivity contribution is -0.133. The number of carbonyl (C=O) groups excluding carboxylic acids is 1. The van der Waals surface area contributed by atoms with Gasteiger partial charge in [-0.05, 0) is 19.5 Å². The number of carbonyl (C=O) groups is 1. The van der Waals surface area contributed by atoms with Crippen LogP contribution in [0.1, 0.15) is 12.5 Å². The van der Waals surface area contributed by atoms with E-state index in [4.69, 9.17) is 0 Å². The summed E-state index contributed by atoms with van der Waals surface area (Å²) in [5.74, 6) is 0.128. The minimum absolute atomic E-state index is 0.128. The van der Waals surface area contributed by atoms with Crippen molar-refractivity contribution in [1.82, 2.24) is 15.1 Å². The van der Waals surface area contributed by atoms with Gasteiger partial charge in [0.15, 0.2) is 0 Å². The lowest BCUT2D eigenvalue weighted by atomic mass is 9.95. The predicted molar refractivity (Wildman–Crippen MR) is 83.0 cm³/mol. The molecule has 1 amide bonds. The van der Waals surface area contributed by atoms with Crippen molar-refractivity contribution in [1.29, 1.82) is 0 Å². The van der Waals surface area contributed by atoms with Crippen LogP contribution in [0.3, 0.4) is 0 Å². The molecule has 0 saturated carbocycles. The summed E-state index contributed by atoms with van der Waals surface area (Å²) in [6.45, 7) is 5.80. The fourth-order valence-electron chi connectivity index (χ4n) is 2.72. The highest BCUT2D eigenvalue weighted by atomic mass is 16.3. The van der Waals surface area contributed by atoms with Gasteiger partial charge in [0.2, 0.25) is 5.91 Å². The molecule has 2 N–H and O–H groups in total. The monoisotopic (exact) mass is 291 g/mol. The number of nitrogens with one attached hydrogen (secondary N) is 1. The minimum atomic E-state index is -0.959. The van der Waals surface area contributed by atoms with Crippen LogP contribution in [-0.4, -0.2) is 67.1 Å². The SMILES string of the molecule is CN(CC(=O)N1CCNCC1)CC(C)(O)c1ccccc1. The van der Waals surface area contributed by atoms with Crippen LogP contribution in [0.4, 0.5) is 0 Å². The average molecular weight is 291 g/mol. The molecule has 0 aliphatic carbocycles. The molecule has 116 valence electrons. The van der Waals surface area contributed by atoms with Crippen LogP contribution in [0.25, 0.3) is 0 Å². The molecule has 5 heteroatoms. The molecule has 1 aliphatic heterocycles. The maximum Gasteiger partial charge on any atom is 0.236 e. The van der Waals surface area contributed by atoms with Crippen LogP contribution in [0, 0.1) is 0 Å². The van der Waals surface area contributed by atoms with Crippen molar-refractivity contribution in [3.05, 3.63) is 35.9 Å². The van der Waals surface area contributed by atoms with Crippen molar-refractivity contribution in [3.8, 4) is 0 Å². The van der Waals surface area contributed by atoms with Crippen molar-refractivity contribution in [2.24, 2.45) is 0 Å². The molecule has 0 bridgehead atoms. The highest BCUT2D eigenvalue weighted by Crippen LogP contribution is 2.20. The number of rotatable bonds is 5. The van der Waals surface area contributed by atoms with Crippen LogP contribution in [-0.2, 0) is 10.4 Å². The fraction of sp³-hybridized carbons (Fsp3) is 0.562. The summed E-state index contributed by atoms with van der Waals surface area (Å²) in [7, 11) is 1.87. The van der Waals surface area contributed by atoms with Gasteiger partial charge in [0, 0.05) is 32.7 Å². The van der Waals surface area contributed by atoms with E-state index in [1.54, 1.807) is 6.92 Å². The van der Waals surface area contributed by atoms with Gasteiger partial charge in [-0.2, -0.15) is 0 Å². The third-order valence-electron chi connectivity index (χ3n) is 3.85. The quantitative estimate of drug-likeness (QED) is 0.817. The Hall–Kier alpha value is -1.43. The predicted octanol–water partition coefficient (Wildman–Crippen LogP) is 0.258. The van der Waals surface area contributed by atoms with E-state index in [2.05, 4.69) is 5.32 Å². The molecule has 1 aromatic carbocycles. The zero-order chi connectivity index (χ0) is 15.3. The number of aliphatic hydroxyl groups is 1. The lowest BCUT2D eigenvalue weighted by Gasteiger charge is -2.32. The van der Waals surface area contributed by atoms with Gasteiger partial charge in [0.05, 0.1) is 12.1 Å². The van der Waals surface area contributed by atoms with Crippen molar-refractivity contribution in [2.45, 2.75) is 12.5 Å². The normalized spacial score (nSPS) is 18.6. The van der Waals surface area contributed by atoms with E-state index in [0.717, 1.165) is 31.7 Å². The van der Waals surface area contributed by atoms with Crippen LogP contribution >= 0.6 is 0 Å². The highest BCUT2D eigenvalue weighted by molar-refractivity contribution is 5.78. The van der Waals surface area contributed by atoms with E-state index in [0.29, 0.717) is 13.1 Å². The molecule has 0 spiro atoms. The molecule has 1 aromatic rings. The van der Waals surface area contributed by atoms with Gasteiger partial charge in [0.25, 0.3) is 0 Å². The maximum atomic E-state index is 12.2. The van der Waals surface area contributed by atoms with E-state index in [1.165, 1.54) is 0 Å². The second-order valence-corrected chi connectivity index (χ2v) is 5.94. The summed E-state index contributed by atoms with van der Waals surface area (Å²) in [6.07, 6.45) is 0. The van der Waals surface area contributed by atoms with E-state index in [9.17, 15) is 9.90 Å². The second-order valence-electron chi connectivity index (χ2n) is 5.94. The third kappa shape index (κ3) is 4.52. The summed E-state index contributed by atoms with van der Waals surface area (Å²) in [5, 5.41) is 13.8. The fourth-order valence-corrected chi connectivity index (χ4v) is 2.72. The molecule has 1 fully saturated rings. The van der Waals surface area contributed by atoms with Gasteiger partial charge in [-0.3, -0.25) is 9.69 Å². The number of amides is 1. The Labute approximate surface area is 126 Å². The van der Waals surface area contributed by atoms with Gasteiger partial charge in [-0.1, -0.05) is 30.3 Å². The maximum absolute atomic E-state index is 12.2. The van der Waals surface area contributed by atoms with Crippen LogP contribution in [0.5, 0.6) is 0 Å². The Bertz CT molecular complexity index is 456. The molecular formula is C16H25N3O2. The number of nitrogens with zero attached hydrogens (tertiary/aromatic N) is 2. The third-order valence-corrected chi connectivity index (χ3v) is 3.85. The molecule has 5 nitrogen and oxygen atoms in total. The molecule has 0 aromatic heterocycles. The van der Waals surface area contributed by atoms with E-state index in [1.807, 2.05) is 47.2 Å². The molecule has 2 rings (SSSR count). The van der Waals surface area contributed by atoms with E-state index < -0.39 is 5.60 Å². The van der Waals surface area contributed by atoms with Gasteiger partial charge >= 0.3 is 0 Å². The molecular weight excluding hydrogens is 266 g/mol. The Morgan fingerprint density at radius 3 is 2.57 bits per heavy atom. The van der Waals surface area contributed by atoms with Gasteiger partial charge in [-0.25, -0.2) is 0 Å². The van der Waals surface area contributed by atoms with Gasteiger partial charge in [-0.15, -0.1) is 0 Å². The Morgan fingerprint density at radius 2 is 1.95 bits per heavy atom. The minimum Gasteiger partial charge on any atom is -0.384 e. The second kappa shape index (κ2) is 7.02. The molecule has 1 aliphatic rings. The Morgan fingerprint density at radius 1 is 1.33 bits per heavy atom. The summed E-state index contributed by atoms with van der Waals surface area (Å²) >= 11 is 0. The number of benzene rings is 1. The number of hydrogen-bond acceptors (Lipinski definition) is 4. The van der Waals surface area contributed by atoms with E-state index >= 15 is 0 Å². The first-order valence-corrected chi connectivity index (χ1v) is 7.44. The first kappa shape index (κ1) is 15.9. The van der Waals surface area contributed by atoms with Crippen molar-refractivity contribution >= 4 is 5.91 Å². The van der Waals surface area contributed by atoms with Gasteiger partial charge < -0.3 is 15.3 Å². The smallest absolute Gasteiger partial charge is 0.236 e. The molecule has 21 heavy (non-hydrogen) atoms. The number of hydrogen-bond donors (Lipinski definition) is 2. The summed E-state index contributed by atoms with van der Waals surface area (Å²) < 4.78 is 0. The molecule has 0 radical (unpaired) electrons. The molecule has 1 saturated heterocycles. The molecule has 1 atom stereocenters. The number of likely N-dealkylation sites (N-methyl/N-ethyl adjacent to an activating group) is 1. The van der Waals surface area contributed by atoms with Crippen LogP contribution < -0.4 is 5.32 Å². The Balaban J connectivity index is 1.88. The zero-order valence-electron chi connectivity index (χ0n) is 12.9. The van der Waals surface area contributed by atoms with Gasteiger partial charge in [0.1, 0.15) is 0 Å². The van der Waals surface area contributed by atoms with Crippen LogP contribution in [0.15, 0.2) is 30.3 Å². The van der Waals surface area contributed by atoms with Crippen molar-refractivity contribution in [2.75, 3.05) is 46.3 Å². The summed E-state index contributed by atoms with van der Waals surface area (Å²) in [5.41, 5.74) is -0.0915. The van der Waals surface area contributed by atoms with Crippen molar-refractivity contribution < 1.29 is 9.90 Å². The molecule has 1 unspecified atom stereocenters. The first-order chi connectivity index (χ1) is 9.99. The largest absolute Gasteiger partial charge is 0.384 e. The Kier molecular flexibility index (Phi) is 5.33. The zero-order valence-corrected chi connectivity index (χ0v) is 12.9. The van der Waals surface area contributed by atoms with E-state index in [-0.39, 0.29) is 5.91 Å². The van der Waals surface area contributed by atoms with Crippen LogP contribution in [0.2, 0.25) is 0 Å². The highest BCUT2D eigenvalue weighted by Gasteiger charge is 2.26. The topological polar surface area (TPSA) is 55.8 Å². The summed E-state index contributed by atoms with van der Waals surface area (Å²) in [6, 6.07) is 9.57. The first-order valence-electron chi connectivity index (χ1n) is 7.44.